The Morgan fingerprint density at radius 1 is 1.33 bits per heavy atom. The van der Waals surface area contributed by atoms with Crippen LogP contribution in [0.25, 0.3) is 0 Å². The fourth-order valence-electron chi connectivity index (χ4n) is 2.19. The molecule has 1 aromatic carbocycles. The molecule has 0 saturated heterocycles. The van der Waals surface area contributed by atoms with E-state index in [9.17, 15) is 0 Å². The number of halogens is 1. The summed E-state index contributed by atoms with van der Waals surface area (Å²) >= 11 is 5.89. The molecule has 1 heterocycles. The van der Waals surface area contributed by atoms with Gasteiger partial charge in [-0.25, -0.2) is 9.67 Å². The molecule has 1 aliphatic rings. The third-order valence-corrected chi connectivity index (χ3v) is 3.52. The predicted molar refractivity (Wildman–Crippen MR) is 69.4 cm³/mol. The van der Waals surface area contributed by atoms with E-state index in [-0.39, 0.29) is 5.54 Å². The minimum atomic E-state index is -0.237. The number of hydrogen-bond donors (Lipinski definition) is 1. The van der Waals surface area contributed by atoms with Crippen molar-refractivity contribution in [3.63, 3.8) is 0 Å². The van der Waals surface area contributed by atoms with Gasteiger partial charge >= 0.3 is 0 Å². The first-order chi connectivity index (χ1) is 8.76. The van der Waals surface area contributed by atoms with E-state index < -0.39 is 0 Å². The van der Waals surface area contributed by atoms with Gasteiger partial charge in [-0.2, -0.15) is 10.2 Å². The summed E-state index contributed by atoms with van der Waals surface area (Å²) in [4.78, 5) is 3.99. The molecule has 6 heteroatoms. The molecular formula is C12H12ClN5. The lowest BCUT2D eigenvalue weighted by Crippen LogP contribution is -2.30. The second-order valence-corrected chi connectivity index (χ2v) is 4.79. The van der Waals surface area contributed by atoms with Crippen molar-refractivity contribution in [1.29, 1.82) is 0 Å². The van der Waals surface area contributed by atoms with Gasteiger partial charge in [0.25, 0.3) is 0 Å². The number of hydrazone groups is 1. The SMILES string of the molecule is NN=C(c1ccc(Cl)cc1)C1(n2cncn2)CC1. The molecule has 1 saturated carbocycles. The molecule has 0 amide bonds. The van der Waals surface area contributed by atoms with Crippen LogP contribution < -0.4 is 5.84 Å². The zero-order valence-corrected chi connectivity index (χ0v) is 10.4. The van der Waals surface area contributed by atoms with Crippen LogP contribution in [0, 0.1) is 0 Å². The fourth-order valence-corrected chi connectivity index (χ4v) is 2.32. The molecule has 1 aromatic heterocycles. The van der Waals surface area contributed by atoms with Gasteiger partial charge in [0.15, 0.2) is 0 Å². The largest absolute Gasteiger partial charge is 0.323 e. The average molecular weight is 262 g/mol. The van der Waals surface area contributed by atoms with Crippen molar-refractivity contribution in [1.82, 2.24) is 14.8 Å². The minimum absolute atomic E-state index is 0.237. The highest BCUT2D eigenvalue weighted by atomic mass is 35.5. The molecule has 5 nitrogen and oxygen atoms in total. The van der Waals surface area contributed by atoms with Crippen LogP contribution in [0.3, 0.4) is 0 Å². The standard InChI is InChI=1S/C12H12ClN5/c13-10-3-1-9(2-4-10)11(17-14)12(5-6-12)18-8-15-7-16-18/h1-4,7-8H,5-6,14H2. The molecular weight excluding hydrogens is 250 g/mol. The number of benzene rings is 1. The highest BCUT2D eigenvalue weighted by molar-refractivity contribution is 6.30. The van der Waals surface area contributed by atoms with Crippen molar-refractivity contribution in [2.24, 2.45) is 10.9 Å². The first-order valence-electron chi connectivity index (χ1n) is 5.66. The Morgan fingerprint density at radius 2 is 2.06 bits per heavy atom. The summed E-state index contributed by atoms with van der Waals surface area (Å²) in [6, 6.07) is 7.51. The van der Waals surface area contributed by atoms with Crippen LogP contribution in [0.1, 0.15) is 18.4 Å². The quantitative estimate of drug-likeness (QED) is 0.520. The first kappa shape index (κ1) is 11.2. The van der Waals surface area contributed by atoms with Crippen LogP contribution in [-0.4, -0.2) is 20.5 Å². The maximum absolute atomic E-state index is 5.89. The van der Waals surface area contributed by atoms with Crippen LogP contribution in [-0.2, 0) is 5.54 Å². The second kappa shape index (κ2) is 4.10. The van der Waals surface area contributed by atoms with Crippen LogP contribution in [0.5, 0.6) is 0 Å². The molecule has 2 N–H and O–H groups in total. The lowest BCUT2D eigenvalue weighted by atomic mass is 10.0. The van der Waals surface area contributed by atoms with Crippen LogP contribution in [0.4, 0.5) is 0 Å². The molecule has 0 bridgehead atoms. The highest BCUT2D eigenvalue weighted by Gasteiger charge is 2.51. The Bertz CT molecular complexity index is 569. The van der Waals surface area contributed by atoms with Gasteiger partial charge < -0.3 is 5.84 Å². The molecule has 3 rings (SSSR count). The fraction of sp³-hybridized carbons (Fsp3) is 0.250. The summed E-state index contributed by atoms with van der Waals surface area (Å²) in [5.74, 6) is 5.57. The van der Waals surface area contributed by atoms with Crippen molar-refractivity contribution in [2.45, 2.75) is 18.4 Å². The first-order valence-corrected chi connectivity index (χ1v) is 6.03. The van der Waals surface area contributed by atoms with Crippen LogP contribution >= 0.6 is 11.6 Å². The lowest BCUT2D eigenvalue weighted by Gasteiger charge is -2.17. The van der Waals surface area contributed by atoms with Gasteiger partial charge in [-0.1, -0.05) is 23.7 Å². The van der Waals surface area contributed by atoms with E-state index >= 15 is 0 Å². The van der Waals surface area contributed by atoms with Crippen molar-refractivity contribution < 1.29 is 0 Å². The Balaban J connectivity index is 2.02. The van der Waals surface area contributed by atoms with E-state index in [1.54, 1.807) is 6.33 Å². The van der Waals surface area contributed by atoms with E-state index in [4.69, 9.17) is 17.4 Å². The monoisotopic (exact) mass is 261 g/mol. The second-order valence-electron chi connectivity index (χ2n) is 4.36. The molecule has 1 fully saturated rings. The third kappa shape index (κ3) is 1.67. The van der Waals surface area contributed by atoms with Gasteiger partial charge in [0.2, 0.25) is 0 Å². The average Bonchev–Trinajstić information content (AvgIpc) is 2.99. The molecule has 0 radical (unpaired) electrons. The van der Waals surface area contributed by atoms with E-state index in [0.717, 1.165) is 24.1 Å². The Hall–Kier alpha value is -1.88. The molecule has 18 heavy (non-hydrogen) atoms. The van der Waals surface area contributed by atoms with Crippen molar-refractivity contribution >= 4 is 17.3 Å². The summed E-state index contributed by atoms with van der Waals surface area (Å²) < 4.78 is 1.83. The molecule has 0 atom stereocenters. The van der Waals surface area contributed by atoms with E-state index in [1.807, 2.05) is 28.9 Å². The lowest BCUT2D eigenvalue weighted by molar-refractivity contribution is 0.552. The van der Waals surface area contributed by atoms with E-state index in [0.29, 0.717) is 5.02 Å². The van der Waals surface area contributed by atoms with Gasteiger partial charge in [-0.05, 0) is 25.0 Å². The molecule has 0 spiro atoms. The maximum atomic E-state index is 5.89. The topological polar surface area (TPSA) is 69.1 Å². The minimum Gasteiger partial charge on any atom is -0.323 e. The van der Waals surface area contributed by atoms with Crippen LogP contribution in [0.15, 0.2) is 42.0 Å². The Labute approximate surface area is 109 Å². The highest BCUT2D eigenvalue weighted by Crippen LogP contribution is 2.45. The number of rotatable bonds is 3. The molecule has 2 aromatic rings. The molecule has 92 valence electrons. The van der Waals surface area contributed by atoms with Gasteiger partial charge in [0.1, 0.15) is 18.2 Å². The zero-order chi connectivity index (χ0) is 12.6. The summed E-state index contributed by atoms with van der Waals surface area (Å²) in [5, 5.41) is 8.86. The summed E-state index contributed by atoms with van der Waals surface area (Å²) in [7, 11) is 0. The molecule has 0 unspecified atom stereocenters. The molecule has 1 aliphatic carbocycles. The summed E-state index contributed by atoms with van der Waals surface area (Å²) in [6.45, 7) is 0. The third-order valence-electron chi connectivity index (χ3n) is 3.27. The van der Waals surface area contributed by atoms with E-state index in [1.165, 1.54) is 6.33 Å². The number of aromatic nitrogens is 3. The molecule has 0 aliphatic heterocycles. The number of nitrogens with two attached hydrogens (primary N) is 1. The van der Waals surface area contributed by atoms with Gasteiger partial charge in [-0.3, -0.25) is 0 Å². The van der Waals surface area contributed by atoms with Gasteiger partial charge in [-0.15, -0.1) is 0 Å². The van der Waals surface area contributed by atoms with Crippen molar-refractivity contribution in [3.8, 4) is 0 Å². The predicted octanol–water partition coefficient (Wildman–Crippen LogP) is 1.78. The van der Waals surface area contributed by atoms with Crippen LogP contribution in [0.2, 0.25) is 5.02 Å². The van der Waals surface area contributed by atoms with Gasteiger partial charge in [0.05, 0.1) is 5.71 Å². The maximum Gasteiger partial charge on any atom is 0.137 e. The van der Waals surface area contributed by atoms with Crippen molar-refractivity contribution in [3.05, 3.63) is 47.5 Å². The number of nitrogens with zero attached hydrogens (tertiary/aromatic N) is 4. The van der Waals surface area contributed by atoms with Gasteiger partial charge in [0, 0.05) is 10.6 Å². The summed E-state index contributed by atoms with van der Waals surface area (Å²) in [6.07, 6.45) is 5.16. The normalized spacial score (nSPS) is 17.7. The number of hydrogen-bond acceptors (Lipinski definition) is 4. The Kier molecular flexibility index (Phi) is 2.56. The smallest absolute Gasteiger partial charge is 0.137 e. The Morgan fingerprint density at radius 3 is 2.56 bits per heavy atom. The zero-order valence-electron chi connectivity index (χ0n) is 9.62. The van der Waals surface area contributed by atoms with E-state index in [2.05, 4.69) is 15.2 Å². The summed E-state index contributed by atoms with van der Waals surface area (Å²) in [5.41, 5.74) is 1.55. The van der Waals surface area contributed by atoms with Crippen molar-refractivity contribution in [2.75, 3.05) is 0 Å².